The molecule has 2 unspecified atom stereocenters. The van der Waals surface area contributed by atoms with Gasteiger partial charge in [0.15, 0.2) is 0 Å². The number of nitrogens with two attached hydrogens (primary N) is 1. The second kappa shape index (κ2) is 2.46. The van der Waals surface area contributed by atoms with Crippen molar-refractivity contribution in [1.82, 2.24) is 5.32 Å². The molecule has 1 aliphatic heterocycles. The summed E-state index contributed by atoms with van der Waals surface area (Å²) < 4.78 is 0. The van der Waals surface area contributed by atoms with Gasteiger partial charge >= 0.3 is 0 Å². The first-order valence-corrected chi connectivity index (χ1v) is 4.64. The number of carbonyl (C=O) groups is 1. The molecule has 0 bridgehead atoms. The van der Waals surface area contributed by atoms with Crippen LogP contribution in [0.15, 0.2) is 0 Å². The first-order valence-electron chi connectivity index (χ1n) is 4.64. The molecule has 12 heavy (non-hydrogen) atoms. The van der Waals surface area contributed by atoms with E-state index in [1.54, 1.807) is 0 Å². The quantitative estimate of drug-likeness (QED) is 0.614. The lowest BCUT2D eigenvalue weighted by Gasteiger charge is -2.28. The van der Waals surface area contributed by atoms with E-state index in [-0.39, 0.29) is 17.2 Å². The first-order chi connectivity index (χ1) is 5.64. The Labute approximate surface area is 72.7 Å². The molecule has 3 heteroatoms. The van der Waals surface area contributed by atoms with E-state index in [0.717, 1.165) is 19.0 Å². The number of hydrogen-bond donors (Lipinski definition) is 2. The van der Waals surface area contributed by atoms with Crippen LogP contribution in [0.25, 0.3) is 0 Å². The lowest BCUT2D eigenvalue weighted by molar-refractivity contribution is -0.124. The number of amides is 1. The number of primary amides is 1. The van der Waals surface area contributed by atoms with Crippen molar-refractivity contribution < 1.29 is 4.79 Å². The van der Waals surface area contributed by atoms with E-state index in [1.807, 2.05) is 0 Å². The van der Waals surface area contributed by atoms with Gasteiger partial charge in [0.25, 0.3) is 0 Å². The molecule has 1 saturated heterocycles. The highest BCUT2D eigenvalue weighted by atomic mass is 16.1. The third-order valence-corrected chi connectivity index (χ3v) is 3.50. The number of nitrogens with one attached hydrogen (secondary N) is 1. The predicted octanol–water partition coefficient (Wildman–Crippen LogP) is 0.107. The van der Waals surface area contributed by atoms with E-state index in [1.165, 1.54) is 12.8 Å². The van der Waals surface area contributed by atoms with Crippen molar-refractivity contribution in [2.24, 2.45) is 23.0 Å². The molecule has 1 saturated carbocycles. The molecule has 2 aliphatic rings. The van der Waals surface area contributed by atoms with Crippen LogP contribution >= 0.6 is 0 Å². The van der Waals surface area contributed by atoms with Gasteiger partial charge in [-0.25, -0.2) is 0 Å². The maximum Gasteiger partial charge on any atom is 0.222 e. The second-order valence-corrected chi connectivity index (χ2v) is 4.37. The minimum Gasteiger partial charge on any atom is -0.369 e. The van der Waals surface area contributed by atoms with E-state index in [9.17, 15) is 4.79 Å². The molecule has 0 aromatic rings. The molecular formula is C9H16N2O. The summed E-state index contributed by atoms with van der Waals surface area (Å²) in [6.07, 6.45) is 2.56. The van der Waals surface area contributed by atoms with Crippen LogP contribution in [0.3, 0.4) is 0 Å². The molecule has 2 fully saturated rings. The van der Waals surface area contributed by atoms with Gasteiger partial charge in [-0.3, -0.25) is 4.79 Å². The van der Waals surface area contributed by atoms with Gasteiger partial charge < -0.3 is 11.1 Å². The maximum atomic E-state index is 11.1. The van der Waals surface area contributed by atoms with Crippen LogP contribution in [0.2, 0.25) is 0 Å². The number of rotatable bonds is 2. The summed E-state index contributed by atoms with van der Waals surface area (Å²) in [4.78, 5) is 11.1. The third-order valence-electron chi connectivity index (χ3n) is 3.50. The minimum atomic E-state index is -0.130. The molecule has 68 valence electrons. The van der Waals surface area contributed by atoms with Gasteiger partial charge in [-0.2, -0.15) is 0 Å². The summed E-state index contributed by atoms with van der Waals surface area (Å²) >= 11 is 0. The SMILES string of the molecule is CC1(C2CC2)CNCC1C(N)=O. The molecule has 0 spiro atoms. The van der Waals surface area contributed by atoms with Crippen molar-refractivity contribution in [3.63, 3.8) is 0 Å². The van der Waals surface area contributed by atoms with Crippen LogP contribution in [0, 0.1) is 17.3 Å². The molecular weight excluding hydrogens is 152 g/mol. The Hall–Kier alpha value is -0.570. The van der Waals surface area contributed by atoms with E-state index in [4.69, 9.17) is 5.73 Å². The second-order valence-electron chi connectivity index (χ2n) is 4.37. The first kappa shape index (κ1) is 8.05. The lowest BCUT2D eigenvalue weighted by atomic mass is 9.75. The fourth-order valence-corrected chi connectivity index (χ4v) is 2.44. The topological polar surface area (TPSA) is 55.1 Å². The average molecular weight is 168 g/mol. The molecule has 1 amide bonds. The van der Waals surface area contributed by atoms with Crippen molar-refractivity contribution in [2.45, 2.75) is 19.8 Å². The molecule has 3 N–H and O–H groups in total. The Kier molecular flexibility index (Phi) is 1.65. The van der Waals surface area contributed by atoms with Gasteiger partial charge in [-0.05, 0) is 24.2 Å². The highest BCUT2D eigenvalue weighted by Gasteiger charge is 2.51. The Bertz CT molecular complexity index is 213. The standard InChI is InChI=1S/C9H16N2O/c1-9(6-2-3-6)5-11-4-7(9)8(10)12/h6-7,11H,2-5H2,1H3,(H2,10,12). The fraction of sp³-hybridized carbons (Fsp3) is 0.889. The predicted molar refractivity (Wildman–Crippen MR) is 46.4 cm³/mol. The Balaban J connectivity index is 2.16. The van der Waals surface area contributed by atoms with E-state index < -0.39 is 0 Å². The summed E-state index contributed by atoms with van der Waals surface area (Å²) in [5.74, 6) is 0.671. The zero-order valence-corrected chi connectivity index (χ0v) is 7.47. The number of hydrogen-bond acceptors (Lipinski definition) is 2. The lowest BCUT2D eigenvalue weighted by Crippen LogP contribution is -2.37. The molecule has 0 radical (unpaired) electrons. The summed E-state index contributed by atoms with van der Waals surface area (Å²) in [7, 11) is 0. The molecule has 2 atom stereocenters. The highest BCUT2D eigenvalue weighted by Crippen LogP contribution is 2.51. The van der Waals surface area contributed by atoms with E-state index in [0.29, 0.717) is 0 Å². The van der Waals surface area contributed by atoms with Gasteiger partial charge in [-0.15, -0.1) is 0 Å². The fourth-order valence-electron chi connectivity index (χ4n) is 2.44. The van der Waals surface area contributed by atoms with Crippen molar-refractivity contribution in [2.75, 3.05) is 13.1 Å². The van der Waals surface area contributed by atoms with Crippen LogP contribution in [0.5, 0.6) is 0 Å². The Morgan fingerprint density at radius 3 is 2.75 bits per heavy atom. The average Bonchev–Trinajstić information content (AvgIpc) is 2.76. The maximum absolute atomic E-state index is 11.1. The smallest absolute Gasteiger partial charge is 0.222 e. The Morgan fingerprint density at radius 2 is 2.25 bits per heavy atom. The van der Waals surface area contributed by atoms with Crippen LogP contribution in [0.4, 0.5) is 0 Å². The normalized spacial score (nSPS) is 41.6. The van der Waals surface area contributed by atoms with Crippen molar-refractivity contribution in [3.8, 4) is 0 Å². The third kappa shape index (κ3) is 1.04. The molecule has 2 rings (SSSR count). The molecule has 3 nitrogen and oxygen atoms in total. The molecule has 0 aromatic heterocycles. The van der Waals surface area contributed by atoms with Gasteiger partial charge in [0.05, 0.1) is 5.92 Å². The summed E-state index contributed by atoms with van der Waals surface area (Å²) in [6.45, 7) is 3.94. The largest absolute Gasteiger partial charge is 0.369 e. The molecule has 1 aliphatic carbocycles. The van der Waals surface area contributed by atoms with Crippen molar-refractivity contribution in [3.05, 3.63) is 0 Å². The van der Waals surface area contributed by atoms with Gasteiger partial charge in [0, 0.05) is 13.1 Å². The van der Waals surface area contributed by atoms with E-state index >= 15 is 0 Å². The van der Waals surface area contributed by atoms with E-state index in [2.05, 4.69) is 12.2 Å². The number of carbonyl (C=O) groups excluding carboxylic acids is 1. The molecule has 0 aromatic carbocycles. The van der Waals surface area contributed by atoms with Crippen LogP contribution in [0.1, 0.15) is 19.8 Å². The van der Waals surface area contributed by atoms with Gasteiger partial charge in [-0.1, -0.05) is 6.92 Å². The monoisotopic (exact) mass is 168 g/mol. The van der Waals surface area contributed by atoms with Gasteiger partial charge in [0.2, 0.25) is 5.91 Å². The van der Waals surface area contributed by atoms with Crippen LogP contribution in [-0.4, -0.2) is 19.0 Å². The summed E-state index contributed by atoms with van der Waals surface area (Å²) in [6, 6.07) is 0. The summed E-state index contributed by atoms with van der Waals surface area (Å²) in [5.41, 5.74) is 5.52. The molecule has 1 heterocycles. The zero-order chi connectivity index (χ0) is 8.77. The minimum absolute atomic E-state index is 0.0602. The Morgan fingerprint density at radius 1 is 1.58 bits per heavy atom. The van der Waals surface area contributed by atoms with Crippen molar-refractivity contribution in [1.29, 1.82) is 0 Å². The van der Waals surface area contributed by atoms with Crippen LogP contribution in [-0.2, 0) is 4.79 Å². The summed E-state index contributed by atoms with van der Waals surface area (Å²) in [5, 5.41) is 3.26. The van der Waals surface area contributed by atoms with Crippen molar-refractivity contribution >= 4 is 5.91 Å². The van der Waals surface area contributed by atoms with Crippen LogP contribution < -0.4 is 11.1 Å². The zero-order valence-electron chi connectivity index (χ0n) is 7.47. The van der Waals surface area contributed by atoms with Gasteiger partial charge in [0.1, 0.15) is 0 Å². The highest BCUT2D eigenvalue weighted by molar-refractivity contribution is 5.78.